The minimum Gasteiger partial charge on any atom is -0.459 e. The Bertz CT molecular complexity index is 946. The van der Waals surface area contributed by atoms with Gasteiger partial charge in [0, 0.05) is 18.3 Å². The first-order valence-electron chi connectivity index (χ1n) is 7.50. The van der Waals surface area contributed by atoms with Gasteiger partial charge in [-0.2, -0.15) is 4.98 Å². The first-order valence-corrected chi connectivity index (χ1v) is 7.50. The van der Waals surface area contributed by atoms with Crippen LogP contribution in [-0.2, 0) is 4.79 Å². The number of carbonyl (C=O) groups excluding carboxylic acids is 3. The van der Waals surface area contributed by atoms with Crippen LogP contribution in [-0.4, -0.2) is 22.7 Å². The van der Waals surface area contributed by atoms with Crippen molar-refractivity contribution in [2.45, 2.75) is 6.92 Å². The summed E-state index contributed by atoms with van der Waals surface area (Å²) < 4.78 is 10.0. The Morgan fingerprint density at radius 1 is 0.923 bits per heavy atom. The van der Waals surface area contributed by atoms with Crippen LogP contribution in [0.1, 0.15) is 28.0 Å². The second-order valence-electron chi connectivity index (χ2n) is 5.19. The summed E-state index contributed by atoms with van der Waals surface area (Å²) in [7, 11) is 0. The van der Waals surface area contributed by atoms with Gasteiger partial charge in [-0.15, -0.1) is 0 Å². The number of oxazole rings is 1. The van der Waals surface area contributed by atoms with Gasteiger partial charge in [0.15, 0.2) is 11.5 Å². The lowest BCUT2D eigenvalue weighted by molar-refractivity contribution is -0.114. The summed E-state index contributed by atoms with van der Waals surface area (Å²) in [5.41, 5.74) is 0.983. The third-order valence-electron chi connectivity index (χ3n) is 3.14. The molecule has 1 aromatic carbocycles. The quantitative estimate of drug-likeness (QED) is 0.646. The highest BCUT2D eigenvalue weighted by Gasteiger charge is 2.16. The number of nitrogens with one attached hydrogen (secondary N) is 3. The van der Waals surface area contributed by atoms with E-state index in [9.17, 15) is 14.4 Å². The Hall–Kier alpha value is -3.88. The number of amides is 3. The lowest BCUT2D eigenvalue weighted by Gasteiger charge is -2.06. The molecule has 0 aliphatic carbocycles. The van der Waals surface area contributed by atoms with Crippen molar-refractivity contribution in [2.24, 2.45) is 0 Å². The average Bonchev–Trinajstić information content (AvgIpc) is 3.26. The molecule has 0 atom stereocenters. The molecule has 26 heavy (non-hydrogen) atoms. The van der Waals surface area contributed by atoms with E-state index in [4.69, 9.17) is 8.83 Å². The van der Waals surface area contributed by atoms with Crippen LogP contribution in [0.3, 0.4) is 0 Å². The van der Waals surface area contributed by atoms with Crippen molar-refractivity contribution in [3.05, 3.63) is 60.4 Å². The van der Waals surface area contributed by atoms with Gasteiger partial charge in [-0.05, 0) is 30.3 Å². The molecule has 9 heteroatoms. The minimum atomic E-state index is -0.549. The maximum Gasteiger partial charge on any atom is 0.302 e. The van der Waals surface area contributed by atoms with Gasteiger partial charge in [0.25, 0.3) is 11.8 Å². The van der Waals surface area contributed by atoms with Gasteiger partial charge in [-0.3, -0.25) is 19.7 Å². The number of hydrogen-bond acceptors (Lipinski definition) is 6. The molecule has 0 unspecified atom stereocenters. The lowest BCUT2D eigenvalue weighted by atomic mass is 10.2. The fourth-order valence-electron chi connectivity index (χ4n) is 2.08. The SMILES string of the molecule is CC(=O)Nc1cccc(NC(=O)c2coc(NC(=O)c3ccco3)n2)c1. The van der Waals surface area contributed by atoms with Crippen molar-refractivity contribution in [3.8, 4) is 0 Å². The van der Waals surface area contributed by atoms with Crippen molar-refractivity contribution in [1.82, 2.24) is 4.98 Å². The zero-order valence-corrected chi connectivity index (χ0v) is 13.6. The second kappa shape index (κ2) is 7.34. The van der Waals surface area contributed by atoms with E-state index in [-0.39, 0.29) is 23.4 Å². The summed E-state index contributed by atoms with van der Waals surface area (Å²) in [6, 6.07) is 9.53. The van der Waals surface area contributed by atoms with Crippen LogP contribution < -0.4 is 16.0 Å². The standard InChI is InChI=1S/C17H14N4O5/c1-10(22)18-11-4-2-5-12(8-11)19-15(23)13-9-26-17(20-13)21-16(24)14-6-3-7-25-14/h2-9H,1H3,(H,18,22)(H,19,23)(H,20,21,24). The largest absolute Gasteiger partial charge is 0.459 e. The summed E-state index contributed by atoms with van der Waals surface area (Å²) in [5.74, 6) is -1.22. The molecule has 0 aliphatic rings. The molecule has 132 valence electrons. The Morgan fingerprint density at radius 3 is 2.38 bits per heavy atom. The first kappa shape index (κ1) is 17.0. The number of anilines is 3. The Kier molecular flexibility index (Phi) is 4.79. The number of hydrogen-bond donors (Lipinski definition) is 3. The van der Waals surface area contributed by atoms with Crippen LogP contribution >= 0.6 is 0 Å². The number of nitrogens with zero attached hydrogens (tertiary/aromatic N) is 1. The van der Waals surface area contributed by atoms with Crippen LogP contribution in [0.4, 0.5) is 17.4 Å². The van der Waals surface area contributed by atoms with Crippen LogP contribution in [0, 0.1) is 0 Å². The van der Waals surface area contributed by atoms with E-state index in [0.717, 1.165) is 6.26 Å². The molecule has 3 aromatic rings. The van der Waals surface area contributed by atoms with Crippen LogP contribution in [0.5, 0.6) is 0 Å². The van der Waals surface area contributed by atoms with Gasteiger partial charge in [0.1, 0.15) is 6.26 Å². The number of rotatable bonds is 5. The Balaban J connectivity index is 1.65. The average molecular weight is 354 g/mol. The van der Waals surface area contributed by atoms with Crippen LogP contribution in [0.15, 0.2) is 57.8 Å². The smallest absolute Gasteiger partial charge is 0.302 e. The Labute approximate surface area is 147 Å². The highest BCUT2D eigenvalue weighted by atomic mass is 16.4. The fraction of sp³-hybridized carbons (Fsp3) is 0.0588. The van der Waals surface area contributed by atoms with Gasteiger partial charge < -0.3 is 19.5 Å². The van der Waals surface area contributed by atoms with E-state index < -0.39 is 11.8 Å². The highest BCUT2D eigenvalue weighted by molar-refractivity contribution is 6.04. The molecule has 0 bridgehead atoms. The van der Waals surface area contributed by atoms with Crippen molar-refractivity contribution in [1.29, 1.82) is 0 Å². The molecule has 0 spiro atoms. The third-order valence-corrected chi connectivity index (χ3v) is 3.14. The third kappa shape index (κ3) is 4.15. The lowest BCUT2D eigenvalue weighted by Crippen LogP contribution is -2.14. The van der Waals surface area contributed by atoms with E-state index in [2.05, 4.69) is 20.9 Å². The predicted molar refractivity (Wildman–Crippen MR) is 91.9 cm³/mol. The molecular weight excluding hydrogens is 340 g/mol. The molecule has 3 amide bonds. The Morgan fingerprint density at radius 2 is 1.69 bits per heavy atom. The highest BCUT2D eigenvalue weighted by Crippen LogP contribution is 2.17. The number of carbonyl (C=O) groups is 3. The zero-order valence-electron chi connectivity index (χ0n) is 13.6. The second-order valence-corrected chi connectivity index (χ2v) is 5.19. The molecule has 3 rings (SSSR count). The fourth-order valence-corrected chi connectivity index (χ4v) is 2.08. The molecule has 0 saturated carbocycles. The van der Waals surface area contributed by atoms with Gasteiger partial charge in [-0.25, -0.2) is 0 Å². The predicted octanol–water partition coefficient (Wildman–Crippen LogP) is 2.73. The van der Waals surface area contributed by atoms with E-state index >= 15 is 0 Å². The number of furan rings is 1. The maximum atomic E-state index is 12.2. The van der Waals surface area contributed by atoms with Crippen molar-refractivity contribution in [2.75, 3.05) is 16.0 Å². The topological polar surface area (TPSA) is 126 Å². The minimum absolute atomic E-state index is 0.0234. The van der Waals surface area contributed by atoms with Crippen molar-refractivity contribution < 1.29 is 23.2 Å². The van der Waals surface area contributed by atoms with E-state index in [1.165, 1.54) is 19.3 Å². The van der Waals surface area contributed by atoms with Gasteiger partial charge in [0.05, 0.1) is 6.26 Å². The summed E-state index contributed by atoms with van der Waals surface area (Å²) >= 11 is 0. The summed E-state index contributed by atoms with van der Waals surface area (Å²) in [4.78, 5) is 39.0. The summed E-state index contributed by atoms with van der Waals surface area (Å²) in [5, 5.41) is 7.61. The maximum absolute atomic E-state index is 12.2. The monoisotopic (exact) mass is 354 g/mol. The van der Waals surface area contributed by atoms with Gasteiger partial charge in [0.2, 0.25) is 5.91 Å². The molecular formula is C17H14N4O5. The van der Waals surface area contributed by atoms with Crippen LogP contribution in [0.2, 0.25) is 0 Å². The summed E-state index contributed by atoms with van der Waals surface area (Å²) in [6.07, 6.45) is 2.48. The van der Waals surface area contributed by atoms with Gasteiger partial charge in [-0.1, -0.05) is 6.07 Å². The zero-order chi connectivity index (χ0) is 18.5. The van der Waals surface area contributed by atoms with Gasteiger partial charge >= 0.3 is 6.01 Å². The molecule has 3 N–H and O–H groups in total. The molecule has 0 saturated heterocycles. The normalized spacial score (nSPS) is 10.2. The molecule has 0 aliphatic heterocycles. The van der Waals surface area contributed by atoms with E-state index in [1.54, 1.807) is 30.3 Å². The molecule has 2 aromatic heterocycles. The molecule has 0 radical (unpaired) electrons. The molecule has 2 heterocycles. The molecule has 9 nitrogen and oxygen atoms in total. The number of aromatic nitrogens is 1. The first-order chi connectivity index (χ1) is 12.5. The van der Waals surface area contributed by atoms with Crippen molar-refractivity contribution in [3.63, 3.8) is 0 Å². The number of benzene rings is 1. The van der Waals surface area contributed by atoms with E-state index in [1.807, 2.05) is 0 Å². The van der Waals surface area contributed by atoms with Crippen molar-refractivity contribution >= 4 is 35.1 Å². The van der Waals surface area contributed by atoms with E-state index in [0.29, 0.717) is 11.4 Å². The summed E-state index contributed by atoms with van der Waals surface area (Å²) in [6.45, 7) is 1.39. The molecule has 0 fully saturated rings. The van der Waals surface area contributed by atoms with Crippen LogP contribution in [0.25, 0.3) is 0 Å².